The number of nitrogens with zero attached hydrogens (tertiary/aromatic N) is 4. The molecule has 4 fully saturated rings. The average Bonchev–Trinajstić information content (AvgIpc) is 2.84. The highest BCUT2D eigenvalue weighted by Gasteiger charge is 2.43. The number of aryl methyl sites for hydroxylation is 1. The van der Waals surface area contributed by atoms with Crippen LogP contribution in [0.5, 0.6) is 0 Å². The molecule has 0 N–H and O–H groups in total. The van der Waals surface area contributed by atoms with Crippen LogP contribution in [-0.4, -0.2) is 56.7 Å². The second-order valence-corrected chi connectivity index (χ2v) is 8.52. The molecule has 2 atom stereocenters. The van der Waals surface area contributed by atoms with Gasteiger partial charge in [-0.1, -0.05) is 6.42 Å². The zero-order valence-corrected chi connectivity index (χ0v) is 15.8. The van der Waals surface area contributed by atoms with Crippen molar-refractivity contribution >= 4 is 17.5 Å². The standard InChI is InChI=1S/C21H26N4O2/c1-14-7-8-23-13-18(22-19(23)9-14)21(27)24-11-16-5-6-17(12-24)25(20(16)26)10-15-3-2-4-15/h7-9,13,15-17H,2-6,10-12H2,1H3. The van der Waals surface area contributed by atoms with Gasteiger partial charge in [-0.25, -0.2) is 4.98 Å². The quantitative estimate of drug-likeness (QED) is 0.839. The molecule has 27 heavy (non-hydrogen) atoms. The van der Waals surface area contributed by atoms with Crippen LogP contribution in [0, 0.1) is 18.8 Å². The molecule has 3 aliphatic heterocycles. The molecule has 2 unspecified atom stereocenters. The number of carbonyl (C=O) groups excluding carboxylic acids is 2. The molecule has 1 aliphatic carbocycles. The highest BCUT2D eigenvalue weighted by molar-refractivity contribution is 5.94. The minimum atomic E-state index is -0.0495. The molecule has 0 spiro atoms. The van der Waals surface area contributed by atoms with Crippen molar-refractivity contribution in [2.24, 2.45) is 11.8 Å². The maximum atomic E-state index is 13.1. The van der Waals surface area contributed by atoms with Crippen LogP contribution < -0.4 is 0 Å². The predicted octanol–water partition coefficient (Wildman–Crippen LogP) is 2.51. The number of imidazole rings is 1. The second-order valence-electron chi connectivity index (χ2n) is 8.52. The third-order valence-electron chi connectivity index (χ3n) is 6.60. The number of piperidine rings is 1. The molecule has 4 aliphatic rings. The van der Waals surface area contributed by atoms with Crippen LogP contribution in [0.3, 0.4) is 0 Å². The Morgan fingerprint density at radius 3 is 2.85 bits per heavy atom. The molecule has 5 heterocycles. The smallest absolute Gasteiger partial charge is 0.274 e. The first-order valence-corrected chi connectivity index (χ1v) is 10.1. The molecule has 0 radical (unpaired) electrons. The lowest BCUT2D eigenvalue weighted by Gasteiger charge is -2.40. The number of fused-ring (bicyclic) bond motifs is 5. The van der Waals surface area contributed by atoms with E-state index in [2.05, 4.69) is 9.88 Å². The summed E-state index contributed by atoms with van der Waals surface area (Å²) >= 11 is 0. The lowest BCUT2D eigenvalue weighted by molar-refractivity contribution is -0.141. The number of rotatable bonds is 3. The van der Waals surface area contributed by atoms with Gasteiger partial charge >= 0.3 is 0 Å². The Balaban J connectivity index is 1.38. The van der Waals surface area contributed by atoms with E-state index in [9.17, 15) is 9.59 Å². The number of carbonyl (C=O) groups is 2. The molecular formula is C21H26N4O2. The van der Waals surface area contributed by atoms with Crippen LogP contribution >= 0.6 is 0 Å². The highest BCUT2D eigenvalue weighted by Crippen LogP contribution is 2.34. The predicted molar refractivity (Wildman–Crippen MR) is 101 cm³/mol. The van der Waals surface area contributed by atoms with E-state index >= 15 is 0 Å². The van der Waals surface area contributed by atoms with E-state index in [-0.39, 0.29) is 23.8 Å². The van der Waals surface area contributed by atoms with Crippen LogP contribution in [0.25, 0.3) is 5.65 Å². The molecular weight excluding hydrogens is 340 g/mol. The Hall–Kier alpha value is -2.37. The third-order valence-corrected chi connectivity index (χ3v) is 6.60. The maximum Gasteiger partial charge on any atom is 0.274 e. The highest BCUT2D eigenvalue weighted by atomic mass is 16.2. The van der Waals surface area contributed by atoms with Crippen molar-refractivity contribution in [1.29, 1.82) is 0 Å². The van der Waals surface area contributed by atoms with Gasteiger partial charge in [0.2, 0.25) is 5.91 Å². The first kappa shape index (κ1) is 16.8. The Morgan fingerprint density at radius 2 is 2.07 bits per heavy atom. The van der Waals surface area contributed by atoms with E-state index in [1.54, 1.807) is 6.20 Å². The summed E-state index contributed by atoms with van der Waals surface area (Å²) < 4.78 is 1.89. The number of hydrogen-bond acceptors (Lipinski definition) is 3. The fourth-order valence-electron chi connectivity index (χ4n) is 4.75. The van der Waals surface area contributed by atoms with Crippen molar-refractivity contribution in [3.05, 3.63) is 35.8 Å². The zero-order chi connectivity index (χ0) is 18.5. The van der Waals surface area contributed by atoms with Crippen LogP contribution in [0.4, 0.5) is 0 Å². The zero-order valence-electron chi connectivity index (χ0n) is 15.8. The van der Waals surface area contributed by atoms with Crippen molar-refractivity contribution < 1.29 is 9.59 Å². The van der Waals surface area contributed by atoms with Crippen LogP contribution in [-0.2, 0) is 4.79 Å². The summed E-state index contributed by atoms with van der Waals surface area (Å²) in [5.41, 5.74) is 2.39. The average molecular weight is 366 g/mol. The van der Waals surface area contributed by atoms with Gasteiger partial charge in [0, 0.05) is 38.1 Å². The van der Waals surface area contributed by atoms with Gasteiger partial charge in [0.05, 0.1) is 5.92 Å². The maximum absolute atomic E-state index is 13.1. The van der Waals surface area contributed by atoms with Crippen molar-refractivity contribution in [3.63, 3.8) is 0 Å². The van der Waals surface area contributed by atoms with Gasteiger partial charge in [0.1, 0.15) is 11.3 Å². The summed E-state index contributed by atoms with van der Waals surface area (Å²) in [5.74, 6) is 0.830. The summed E-state index contributed by atoms with van der Waals surface area (Å²) in [4.78, 5) is 34.6. The molecule has 142 valence electrons. The molecule has 6 nitrogen and oxygen atoms in total. The van der Waals surface area contributed by atoms with E-state index in [0.717, 1.165) is 30.6 Å². The molecule has 2 aromatic rings. The largest absolute Gasteiger partial charge is 0.337 e. The molecule has 3 saturated heterocycles. The van der Waals surface area contributed by atoms with Crippen molar-refractivity contribution in [3.8, 4) is 0 Å². The van der Waals surface area contributed by atoms with E-state index in [1.807, 2.05) is 34.6 Å². The minimum absolute atomic E-state index is 0.0490. The number of hydrogen-bond donors (Lipinski definition) is 0. The lowest BCUT2D eigenvalue weighted by atomic mass is 9.83. The Bertz CT molecular complexity index is 901. The molecule has 1 saturated carbocycles. The third kappa shape index (κ3) is 2.91. The summed E-state index contributed by atoms with van der Waals surface area (Å²) in [5, 5.41) is 0. The van der Waals surface area contributed by atoms with Gasteiger partial charge in [-0.3, -0.25) is 9.59 Å². The first-order chi connectivity index (χ1) is 13.1. The van der Waals surface area contributed by atoms with Gasteiger partial charge in [0.15, 0.2) is 0 Å². The Kier molecular flexibility index (Phi) is 3.95. The number of pyridine rings is 1. The van der Waals surface area contributed by atoms with Gasteiger partial charge in [-0.15, -0.1) is 0 Å². The fourth-order valence-corrected chi connectivity index (χ4v) is 4.75. The summed E-state index contributed by atoms with van der Waals surface area (Å²) in [6, 6.07) is 4.15. The molecule has 6 heteroatoms. The van der Waals surface area contributed by atoms with Gasteiger partial charge in [-0.2, -0.15) is 0 Å². The summed E-state index contributed by atoms with van der Waals surface area (Å²) in [6.45, 7) is 4.07. The normalized spacial score (nSPS) is 25.7. The minimum Gasteiger partial charge on any atom is -0.337 e. The Labute approximate surface area is 159 Å². The van der Waals surface area contributed by atoms with Crippen molar-refractivity contribution in [1.82, 2.24) is 19.2 Å². The SMILES string of the molecule is Cc1ccn2cc(C(=O)N3CC4CCC(C3)N(CC3CCC3)C4=O)nc2c1. The first-order valence-electron chi connectivity index (χ1n) is 10.1. The van der Waals surface area contributed by atoms with E-state index in [1.165, 1.54) is 19.3 Å². The van der Waals surface area contributed by atoms with Crippen molar-refractivity contribution in [2.75, 3.05) is 19.6 Å². The summed E-state index contributed by atoms with van der Waals surface area (Å²) in [7, 11) is 0. The number of amides is 2. The molecule has 6 rings (SSSR count). The fraction of sp³-hybridized carbons (Fsp3) is 0.571. The molecule has 2 amide bonds. The van der Waals surface area contributed by atoms with Crippen LogP contribution in [0.15, 0.2) is 24.5 Å². The van der Waals surface area contributed by atoms with Gasteiger partial charge < -0.3 is 14.2 Å². The second kappa shape index (κ2) is 6.36. The molecule has 2 bridgehead atoms. The number of aromatic nitrogens is 2. The van der Waals surface area contributed by atoms with Crippen LogP contribution in [0.1, 0.15) is 48.2 Å². The van der Waals surface area contributed by atoms with Gasteiger partial charge in [-0.05, 0) is 56.2 Å². The topological polar surface area (TPSA) is 57.9 Å². The Morgan fingerprint density at radius 1 is 1.22 bits per heavy atom. The van der Waals surface area contributed by atoms with Crippen molar-refractivity contribution in [2.45, 2.75) is 45.1 Å². The van der Waals surface area contributed by atoms with Crippen LogP contribution in [0.2, 0.25) is 0 Å². The molecule has 0 aromatic carbocycles. The lowest BCUT2D eigenvalue weighted by Crippen LogP contribution is -2.50. The summed E-state index contributed by atoms with van der Waals surface area (Å²) in [6.07, 6.45) is 9.42. The molecule has 2 aromatic heterocycles. The van der Waals surface area contributed by atoms with Gasteiger partial charge in [0.25, 0.3) is 5.91 Å². The van der Waals surface area contributed by atoms with E-state index in [0.29, 0.717) is 24.7 Å². The van der Waals surface area contributed by atoms with E-state index in [4.69, 9.17) is 0 Å². The monoisotopic (exact) mass is 366 g/mol. The van der Waals surface area contributed by atoms with E-state index < -0.39 is 0 Å².